The summed E-state index contributed by atoms with van der Waals surface area (Å²) in [5.41, 5.74) is -1.13. The van der Waals surface area contributed by atoms with Crippen molar-refractivity contribution in [2.24, 2.45) is 0 Å². The topological polar surface area (TPSA) is 46.2 Å². The van der Waals surface area contributed by atoms with E-state index in [1.165, 1.54) is 6.07 Å². The summed E-state index contributed by atoms with van der Waals surface area (Å²) >= 11 is 0. The van der Waals surface area contributed by atoms with Crippen molar-refractivity contribution in [3.63, 3.8) is 0 Å². The molecule has 3 nitrogen and oxygen atoms in total. The summed E-state index contributed by atoms with van der Waals surface area (Å²) in [5.74, 6) is -1.47. The molecule has 0 bridgehead atoms. The lowest BCUT2D eigenvalue weighted by Gasteiger charge is -2.07. The van der Waals surface area contributed by atoms with Crippen LogP contribution in [0, 0.1) is 0 Å². The van der Waals surface area contributed by atoms with Crippen LogP contribution in [0.4, 0.5) is 13.2 Å². The van der Waals surface area contributed by atoms with Gasteiger partial charge in [-0.05, 0) is 18.2 Å². The van der Waals surface area contributed by atoms with Crippen LogP contribution in [0.5, 0.6) is 0 Å². The highest BCUT2D eigenvalue weighted by Crippen LogP contribution is 2.29. The Labute approximate surface area is 89.3 Å². The SMILES string of the molecule is CC(=O)NC(=O)c1cccc(C(F)(F)F)c1. The molecule has 1 rings (SSSR count). The quantitative estimate of drug-likeness (QED) is 0.803. The molecule has 0 spiro atoms. The van der Waals surface area contributed by atoms with Crippen LogP contribution in [0.1, 0.15) is 22.8 Å². The van der Waals surface area contributed by atoms with Crippen LogP contribution >= 0.6 is 0 Å². The number of carbonyl (C=O) groups excluding carboxylic acids is 2. The standard InChI is InChI=1S/C10H8F3NO2/c1-6(15)14-9(16)7-3-2-4-8(5-7)10(11,12)13/h2-5H,1H3,(H,14,15,16). The molecule has 1 aromatic rings. The van der Waals surface area contributed by atoms with Gasteiger partial charge in [-0.15, -0.1) is 0 Å². The highest BCUT2D eigenvalue weighted by atomic mass is 19.4. The highest BCUT2D eigenvalue weighted by Gasteiger charge is 2.30. The van der Waals surface area contributed by atoms with Crippen LogP contribution in [0.15, 0.2) is 24.3 Å². The number of alkyl halides is 3. The van der Waals surface area contributed by atoms with Crippen LogP contribution in [0.2, 0.25) is 0 Å². The molecule has 0 saturated heterocycles. The zero-order valence-corrected chi connectivity index (χ0v) is 8.26. The van der Waals surface area contributed by atoms with E-state index >= 15 is 0 Å². The zero-order chi connectivity index (χ0) is 12.3. The van der Waals surface area contributed by atoms with Crippen LogP contribution in [-0.2, 0) is 11.0 Å². The fraction of sp³-hybridized carbons (Fsp3) is 0.200. The zero-order valence-electron chi connectivity index (χ0n) is 8.26. The van der Waals surface area contributed by atoms with E-state index in [1.807, 2.05) is 5.32 Å². The van der Waals surface area contributed by atoms with E-state index in [2.05, 4.69) is 0 Å². The highest BCUT2D eigenvalue weighted by molar-refractivity contribution is 6.04. The van der Waals surface area contributed by atoms with Crippen molar-refractivity contribution >= 4 is 11.8 Å². The Bertz CT molecular complexity index is 426. The largest absolute Gasteiger partial charge is 0.416 e. The van der Waals surface area contributed by atoms with Gasteiger partial charge in [-0.25, -0.2) is 0 Å². The second-order valence-electron chi connectivity index (χ2n) is 3.09. The Morgan fingerprint density at radius 2 is 1.88 bits per heavy atom. The maximum absolute atomic E-state index is 12.3. The molecule has 2 amide bonds. The number of imide groups is 1. The van der Waals surface area contributed by atoms with E-state index in [9.17, 15) is 22.8 Å². The molecule has 0 aliphatic heterocycles. The van der Waals surface area contributed by atoms with Crippen molar-refractivity contribution < 1.29 is 22.8 Å². The van der Waals surface area contributed by atoms with Crippen molar-refractivity contribution in [2.45, 2.75) is 13.1 Å². The third-order valence-corrected chi connectivity index (χ3v) is 1.74. The number of amides is 2. The normalized spacial score (nSPS) is 11.0. The lowest BCUT2D eigenvalue weighted by molar-refractivity contribution is -0.137. The first-order valence-electron chi connectivity index (χ1n) is 4.30. The molecule has 16 heavy (non-hydrogen) atoms. The summed E-state index contributed by atoms with van der Waals surface area (Å²) in [6.45, 7) is 1.10. The number of nitrogens with one attached hydrogen (secondary N) is 1. The van der Waals surface area contributed by atoms with Crippen molar-refractivity contribution in [2.75, 3.05) is 0 Å². The molecule has 0 saturated carbocycles. The molecule has 0 fully saturated rings. The smallest absolute Gasteiger partial charge is 0.293 e. The maximum atomic E-state index is 12.3. The molecule has 0 unspecified atom stereocenters. The molecule has 1 N–H and O–H groups in total. The lowest BCUT2D eigenvalue weighted by atomic mass is 10.1. The summed E-state index contributed by atoms with van der Waals surface area (Å²) in [6, 6.07) is 3.86. The van der Waals surface area contributed by atoms with Gasteiger partial charge in [0.1, 0.15) is 0 Å². The predicted octanol–water partition coefficient (Wildman–Crippen LogP) is 1.98. The van der Waals surface area contributed by atoms with E-state index in [0.717, 1.165) is 19.1 Å². The number of rotatable bonds is 1. The third-order valence-electron chi connectivity index (χ3n) is 1.74. The number of benzene rings is 1. The Hall–Kier alpha value is -1.85. The molecule has 0 aromatic heterocycles. The Morgan fingerprint density at radius 1 is 1.25 bits per heavy atom. The molecule has 0 radical (unpaired) electrons. The van der Waals surface area contributed by atoms with Gasteiger partial charge < -0.3 is 0 Å². The van der Waals surface area contributed by atoms with Gasteiger partial charge in [-0.3, -0.25) is 14.9 Å². The maximum Gasteiger partial charge on any atom is 0.416 e. The number of halogens is 3. The van der Waals surface area contributed by atoms with Gasteiger partial charge in [-0.2, -0.15) is 13.2 Å². The molecule has 86 valence electrons. The minimum Gasteiger partial charge on any atom is -0.293 e. The molecular formula is C10H8F3NO2. The van der Waals surface area contributed by atoms with Crippen LogP contribution in [0.3, 0.4) is 0 Å². The predicted molar refractivity (Wildman–Crippen MR) is 49.6 cm³/mol. The second-order valence-corrected chi connectivity index (χ2v) is 3.09. The van der Waals surface area contributed by atoms with E-state index < -0.39 is 23.6 Å². The molecule has 0 aliphatic rings. The second kappa shape index (κ2) is 4.34. The first-order chi connectivity index (χ1) is 7.30. The molecule has 0 aliphatic carbocycles. The summed E-state index contributed by atoms with van der Waals surface area (Å²) in [6.07, 6.45) is -4.51. The average molecular weight is 231 g/mol. The van der Waals surface area contributed by atoms with Gasteiger partial charge in [0.2, 0.25) is 5.91 Å². The minimum absolute atomic E-state index is 0.204. The van der Waals surface area contributed by atoms with Gasteiger partial charge in [0.05, 0.1) is 5.56 Å². The average Bonchev–Trinajstić information content (AvgIpc) is 2.15. The van der Waals surface area contributed by atoms with Crippen LogP contribution < -0.4 is 5.32 Å². The van der Waals surface area contributed by atoms with Crippen molar-refractivity contribution in [1.29, 1.82) is 0 Å². The van der Waals surface area contributed by atoms with Crippen LogP contribution in [-0.4, -0.2) is 11.8 Å². The Kier molecular flexibility index (Phi) is 3.31. The molecule has 0 heterocycles. The summed E-state index contributed by atoms with van der Waals surface area (Å²) in [5, 5.41) is 1.89. The van der Waals surface area contributed by atoms with Gasteiger partial charge in [0.15, 0.2) is 0 Å². The number of hydrogen-bond donors (Lipinski definition) is 1. The summed E-state index contributed by atoms with van der Waals surface area (Å²) < 4.78 is 36.9. The Morgan fingerprint density at radius 3 is 2.38 bits per heavy atom. The minimum atomic E-state index is -4.51. The molecule has 0 atom stereocenters. The van der Waals surface area contributed by atoms with Gasteiger partial charge in [0.25, 0.3) is 5.91 Å². The van der Waals surface area contributed by atoms with Gasteiger partial charge in [-0.1, -0.05) is 6.07 Å². The first-order valence-corrected chi connectivity index (χ1v) is 4.30. The lowest BCUT2D eigenvalue weighted by Crippen LogP contribution is -2.28. The van der Waals surface area contributed by atoms with E-state index in [1.54, 1.807) is 0 Å². The first kappa shape index (κ1) is 12.2. The van der Waals surface area contributed by atoms with E-state index in [-0.39, 0.29) is 5.56 Å². The Balaban J connectivity index is 2.99. The summed E-state index contributed by atoms with van der Waals surface area (Å²) in [4.78, 5) is 21.8. The number of carbonyl (C=O) groups is 2. The van der Waals surface area contributed by atoms with E-state index in [0.29, 0.717) is 6.07 Å². The molecular weight excluding hydrogens is 223 g/mol. The molecule has 1 aromatic carbocycles. The van der Waals surface area contributed by atoms with Crippen molar-refractivity contribution in [3.05, 3.63) is 35.4 Å². The fourth-order valence-electron chi connectivity index (χ4n) is 1.07. The monoisotopic (exact) mass is 231 g/mol. The number of hydrogen-bond acceptors (Lipinski definition) is 2. The summed E-state index contributed by atoms with van der Waals surface area (Å²) in [7, 11) is 0. The van der Waals surface area contributed by atoms with Crippen LogP contribution in [0.25, 0.3) is 0 Å². The molecule has 6 heteroatoms. The third kappa shape index (κ3) is 3.08. The van der Waals surface area contributed by atoms with Gasteiger partial charge in [0, 0.05) is 12.5 Å². The van der Waals surface area contributed by atoms with Crippen molar-refractivity contribution in [1.82, 2.24) is 5.32 Å². The van der Waals surface area contributed by atoms with E-state index in [4.69, 9.17) is 0 Å². The van der Waals surface area contributed by atoms with Gasteiger partial charge >= 0.3 is 6.18 Å². The van der Waals surface area contributed by atoms with Crippen molar-refractivity contribution in [3.8, 4) is 0 Å². The fourth-order valence-corrected chi connectivity index (χ4v) is 1.07.